The summed E-state index contributed by atoms with van der Waals surface area (Å²) in [4.78, 5) is 12.9. The molecule has 0 saturated heterocycles. The number of nitriles is 1. The molecule has 1 aliphatic heterocycles. The van der Waals surface area contributed by atoms with Crippen molar-refractivity contribution in [2.45, 2.75) is 26.2 Å². The monoisotopic (exact) mass is 190 g/mol. The van der Waals surface area contributed by atoms with Gasteiger partial charge in [-0.3, -0.25) is 4.79 Å². The molecule has 0 aromatic carbocycles. The van der Waals surface area contributed by atoms with Gasteiger partial charge in [0.05, 0.1) is 11.5 Å². The van der Waals surface area contributed by atoms with Crippen molar-refractivity contribution < 1.29 is 4.79 Å². The molecule has 14 heavy (non-hydrogen) atoms. The van der Waals surface area contributed by atoms with E-state index in [1.807, 2.05) is 4.90 Å². The zero-order valence-electron chi connectivity index (χ0n) is 8.42. The molecule has 0 unspecified atom stereocenters. The van der Waals surface area contributed by atoms with Crippen molar-refractivity contribution in [1.29, 1.82) is 5.26 Å². The summed E-state index contributed by atoms with van der Waals surface area (Å²) in [6.45, 7) is 3.06. The van der Waals surface area contributed by atoms with Gasteiger partial charge in [0.2, 0.25) is 5.91 Å². The van der Waals surface area contributed by atoms with Crippen LogP contribution in [0.3, 0.4) is 0 Å². The second-order valence-corrected chi connectivity index (χ2v) is 4.14. The highest BCUT2D eigenvalue weighted by molar-refractivity contribution is 5.73. The zero-order valence-corrected chi connectivity index (χ0v) is 8.42. The van der Waals surface area contributed by atoms with Gasteiger partial charge < -0.3 is 4.90 Å². The SMILES string of the molecule is CC(=O)N1CC=C(C2(C#N)CC2)CC1. The number of carbonyl (C=O) groups excluding carboxylic acids is 1. The fourth-order valence-electron chi connectivity index (χ4n) is 2.02. The van der Waals surface area contributed by atoms with Crippen LogP contribution < -0.4 is 0 Å². The molecule has 2 rings (SSSR count). The molecule has 0 radical (unpaired) electrons. The average Bonchev–Trinajstić information content (AvgIpc) is 2.99. The highest BCUT2D eigenvalue weighted by Crippen LogP contribution is 2.52. The number of rotatable bonds is 1. The average molecular weight is 190 g/mol. The Morgan fingerprint density at radius 2 is 2.36 bits per heavy atom. The van der Waals surface area contributed by atoms with Gasteiger partial charge >= 0.3 is 0 Å². The van der Waals surface area contributed by atoms with Crippen molar-refractivity contribution in [3.63, 3.8) is 0 Å². The van der Waals surface area contributed by atoms with Crippen LogP contribution in [-0.2, 0) is 4.79 Å². The lowest BCUT2D eigenvalue weighted by atomic mass is 9.92. The number of amides is 1. The minimum Gasteiger partial charge on any atom is -0.339 e. The quantitative estimate of drug-likeness (QED) is 0.588. The molecule has 1 aliphatic carbocycles. The Morgan fingerprint density at radius 1 is 1.64 bits per heavy atom. The van der Waals surface area contributed by atoms with E-state index in [9.17, 15) is 4.79 Å². The highest BCUT2D eigenvalue weighted by Gasteiger charge is 2.46. The maximum atomic E-state index is 11.1. The Kier molecular flexibility index (Phi) is 2.07. The number of hydrogen-bond acceptors (Lipinski definition) is 2. The van der Waals surface area contributed by atoms with E-state index in [1.54, 1.807) is 6.92 Å². The second-order valence-electron chi connectivity index (χ2n) is 4.14. The number of carbonyl (C=O) groups is 1. The molecule has 0 aromatic rings. The molecule has 1 fully saturated rings. The Morgan fingerprint density at radius 3 is 2.71 bits per heavy atom. The van der Waals surface area contributed by atoms with Crippen LogP contribution in [0, 0.1) is 16.7 Å². The van der Waals surface area contributed by atoms with Crippen LogP contribution in [0.15, 0.2) is 11.6 Å². The molecule has 1 saturated carbocycles. The van der Waals surface area contributed by atoms with Crippen LogP contribution in [0.4, 0.5) is 0 Å². The fourth-order valence-corrected chi connectivity index (χ4v) is 2.02. The van der Waals surface area contributed by atoms with E-state index >= 15 is 0 Å². The van der Waals surface area contributed by atoms with Gasteiger partial charge in [-0.2, -0.15) is 5.26 Å². The molecular weight excluding hydrogens is 176 g/mol. The van der Waals surface area contributed by atoms with Gasteiger partial charge in [0.1, 0.15) is 0 Å². The summed E-state index contributed by atoms with van der Waals surface area (Å²) >= 11 is 0. The van der Waals surface area contributed by atoms with Gasteiger partial charge in [-0.15, -0.1) is 0 Å². The summed E-state index contributed by atoms with van der Waals surface area (Å²) < 4.78 is 0. The first-order valence-corrected chi connectivity index (χ1v) is 5.04. The summed E-state index contributed by atoms with van der Waals surface area (Å²) in [5.41, 5.74) is 1.13. The highest BCUT2D eigenvalue weighted by atomic mass is 16.2. The van der Waals surface area contributed by atoms with E-state index in [0.717, 1.165) is 25.8 Å². The predicted molar refractivity (Wildman–Crippen MR) is 52.2 cm³/mol. The third-order valence-electron chi connectivity index (χ3n) is 3.23. The molecule has 0 N–H and O–H groups in total. The Balaban J connectivity index is 2.06. The van der Waals surface area contributed by atoms with Gasteiger partial charge in [-0.1, -0.05) is 11.6 Å². The summed E-state index contributed by atoms with van der Waals surface area (Å²) in [6, 6.07) is 2.39. The molecule has 74 valence electrons. The first kappa shape index (κ1) is 9.26. The lowest BCUT2D eigenvalue weighted by molar-refractivity contribution is -0.128. The maximum absolute atomic E-state index is 11.1. The topological polar surface area (TPSA) is 44.1 Å². The second kappa shape index (κ2) is 3.13. The van der Waals surface area contributed by atoms with Crippen LogP contribution in [0.2, 0.25) is 0 Å². The first-order chi connectivity index (χ1) is 6.68. The van der Waals surface area contributed by atoms with E-state index in [1.165, 1.54) is 5.57 Å². The fraction of sp³-hybridized carbons (Fsp3) is 0.636. The standard InChI is InChI=1S/C11H14N2O/c1-9(14)13-6-2-10(3-7-13)11(8-12)4-5-11/h2H,3-7H2,1H3. The van der Waals surface area contributed by atoms with Crippen molar-refractivity contribution in [3.8, 4) is 6.07 Å². The third-order valence-corrected chi connectivity index (χ3v) is 3.23. The molecule has 0 atom stereocenters. The van der Waals surface area contributed by atoms with Gasteiger partial charge in [-0.05, 0) is 19.3 Å². The maximum Gasteiger partial charge on any atom is 0.219 e. The minimum absolute atomic E-state index is 0.127. The van der Waals surface area contributed by atoms with E-state index in [0.29, 0.717) is 6.54 Å². The van der Waals surface area contributed by atoms with E-state index in [4.69, 9.17) is 5.26 Å². The lowest BCUT2D eigenvalue weighted by Gasteiger charge is -2.26. The number of hydrogen-bond donors (Lipinski definition) is 0. The normalized spacial score (nSPS) is 23.7. The molecule has 0 spiro atoms. The summed E-state index contributed by atoms with van der Waals surface area (Å²) in [6.07, 6.45) is 4.97. The molecule has 1 amide bonds. The van der Waals surface area contributed by atoms with E-state index < -0.39 is 0 Å². The van der Waals surface area contributed by atoms with Gasteiger partial charge in [-0.25, -0.2) is 0 Å². The van der Waals surface area contributed by atoms with Crippen molar-refractivity contribution in [1.82, 2.24) is 4.90 Å². The zero-order chi connectivity index (χ0) is 10.2. The minimum atomic E-state index is -0.136. The molecule has 2 aliphatic rings. The summed E-state index contributed by atoms with van der Waals surface area (Å²) in [7, 11) is 0. The lowest BCUT2D eigenvalue weighted by Crippen LogP contribution is -2.34. The van der Waals surface area contributed by atoms with Crippen molar-refractivity contribution >= 4 is 5.91 Å². The largest absolute Gasteiger partial charge is 0.339 e. The molecule has 3 heteroatoms. The van der Waals surface area contributed by atoms with Crippen molar-refractivity contribution in [2.24, 2.45) is 5.41 Å². The van der Waals surface area contributed by atoms with E-state index in [2.05, 4.69) is 12.1 Å². The number of nitrogens with zero attached hydrogens (tertiary/aromatic N) is 2. The Bertz CT molecular complexity index is 334. The smallest absolute Gasteiger partial charge is 0.219 e. The Labute approximate surface area is 84.0 Å². The van der Waals surface area contributed by atoms with Crippen LogP contribution in [0.25, 0.3) is 0 Å². The summed E-state index contributed by atoms with van der Waals surface area (Å²) in [5.74, 6) is 0.127. The van der Waals surface area contributed by atoms with Gasteiger partial charge in [0, 0.05) is 20.0 Å². The van der Waals surface area contributed by atoms with Gasteiger partial charge in [0.25, 0.3) is 0 Å². The third kappa shape index (κ3) is 1.41. The molecular formula is C11H14N2O. The predicted octanol–water partition coefficient (Wildman–Crippen LogP) is 1.47. The Hall–Kier alpha value is -1.30. The van der Waals surface area contributed by atoms with E-state index in [-0.39, 0.29) is 11.3 Å². The van der Waals surface area contributed by atoms with Crippen LogP contribution in [0.5, 0.6) is 0 Å². The van der Waals surface area contributed by atoms with Crippen molar-refractivity contribution in [3.05, 3.63) is 11.6 Å². The summed E-state index contributed by atoms with van der Waals surface area (Å²) in [5, 5.41) is 9.01. The van der Waals surface area contributed by atoms with Crippen LogP contribution >= 0.6 is 0 Å². The molecule has 3 nitrogen and oxygen atoms in total. The molecule has 1 heterocycles. The van der Waals surface area contributed by atoms with Crippen LogP contribution in [-0.4, -0.2) is 23.9 Å². The van der Waals surface area contributed by atoms with Crippen LogP contribution in [0.1, 0.15) is 26.2 Å². The van der Waals surface area contributed by atoms with Crippen molar-refractivity contribution in [2.75, 3.05) is 13.1 Å². The van der Waals surface area contributed by atoms with Gasteiger partial charge in [0.15, 0.2) is 0 Å². The first-order valence-electron chi connectivity index (χ1n) is 5.04. The molecule has 0 bridgehead atoms. The molecule has 0 aromatic heterocycles.